The quantitative estimate of drug-likeness (QED) is 0.375. The van der Waals surface area contributed by atoms with Gasteiger partial charge in [-0.05, 0) is 121 Å². The number of anilines is 2. The second kappa shape index (κ2) is 12.7. The van der Waals surface area contributed by atoms with Gasteiger partial charge in [0.25, 0.3) is 0 Å². The van der Waals surface area contributed by atoms with Crippen LogP contribution >= 0.6 is 0 Å². The number of amides is 4. The Kier molecular flexibility index (Phi) is 9.14. The smallest absolute Gasteiger partial charge is 0.410 e. The van der Waals surface area contributed by atoms with Crippen LogP contribution in [0.2, 0.25) is 0 Å². The van der Waals surface area contributed by atoms with Crippen molar-refractivity contribution in [3.63, 3.8) is 0 Å². The highest BCUT2D eigenvalue weighted by atomic mass is 16.6. The van der Waals surface area contributed by atoms with E-state index in [9.17, 15) is 19.2 Å². The van der Waals surface area contributed by atoms with Gasteiger partial charge in [0.05, 0.1) is 0 Å². The third-order valence-corrected chi connectivity index (χ3v) is 8.37. The zero-order chi connectivity index (χ0) is 32.5. The van der Waals surface area contributed by atoms with E-state index in [0.29, 0.717) is 49.1 Å². The lowest BCUT2D eigenvalue weighted by molar-refractivity contribution is -0.121. The van der Waals surface area contributed by atoms with Crippen LogP contribution in [0.4, 0.5) is 21.0 Å². The van der Waals surface area contributed by atoms with Crippen molar-refractivity contribution in [2.45, 2.75) is 109 Å². The highest BCUT2D eigenvalue weighted by Gasteiger charge is 2.40. The Morgan fingerprint density at radius 3 is 1.31 bits per heavy atom. The third kappa shape index (κ3) is 8.15. The molecular formula is C35H46N4O6. The van der Waals surface area contributed by atoms with Crippen LogP contribution in [0.15, 0.2) is 48.5 Å². The van der Waals surface area contributed by atoms with Gasteiger partial charge < -0.3 is 20.1 Å². The summed E-state index contributed by atoms with van der Waals surface area (Å²) < 4.78 is 11.0. The van der Waals surface area contributed by atoms with Crippen molar-refractivity contribution in [3.8, 4) is 0 Å². The first-order valence-corrected chi connectivity index (χ1v) is 16.0. The topological polar surface area (TPSA) is 117 Å². The highest BCUT2D eigenvalue weighted by molar-refractivity contribution is 5.97. The molecule has 45 heavy (non-hydrogen) atoms. The zero-order valence-electron chi connectivity index (χ0n) is 27.2. The van der Waals surface area contributed by atoms with Crippen molar-refractivity contribution in [1.29, 1.82) is 0 Å². The predicted octanol–water partition coefficient (Wildman–Crippen LogP) is 6.63. The van der Waals surface area contributed by atoms with Crippen LogP contribution in [0.25, 0.3) is 0 Å². The number of nitrogens with one attached hydrogen (secondary N) is 2. The molecule has 4 atom stereocenters. The number of nitrogens with zero attached hydrogens (tertiary/aromatic N) is 2. The summed E-state index contributed by atoms with van der Waals surface area (Å²) in [5, 5.41) is 5.94. The molecule has 1 saturated carbocycles. The molecule has 3 fully saturated rings. The standard InChI is InChI=1S/C35H46N4O6/c1-34(2,3)44-32(42)38-19-7-9-28(38)30(40)36-24-15-11-22(12-16-24)26-21-27(26)23-13-17-25(18-14-23)37-31(41)29-10-8-20-39(29)33(43)45-35(4,5)6/h11-18,26-29H,7-10,19-21H2,1-6H3,(H,36,40)(H,37,41)/t26-,27-,28+,29+/m1/s1. The SMILES string of the molecule is CC(C)(C)OC(=O)N1CCC[C@H]1C(=O)Nc1ccc([C@H]2C[C@@H]2c2ccc(NC(=O)[C@@H]3CCCN3C(=O)OC(C)(C)C)cc2)cc1. The molecule has 2 aromatic rings. The van der Waals surface area contributed by atoms with Gasteiger partial charge in [0.1, 0.15) is 23.3 Å². The summed E-state index contributed by atoms with van der Waals surface area (Å²) in [6, 6.07) is 14.8. The van der Waals surface area contributed by atoms with E-state index in [2.05, 4.69) is 10.6 Å². The molecule has 2 saturated heterocycles. The van der Waals surface area contributed by atoms with Gasteiger partial charge in [-0.1, -0.05) is 24.3 Å². The number of carbonyl (C=O) groups is 4. The molecule has 0 unspecified atom stereocenters. The molecule has 2 aromatic carbocycles. The average molecular weight is 619 g/mol. The van der Waals surface area contributed by atoms with Gasteiger partial charge in [-0.25, -0.2) is 9.59 Å². The molecule has 242 valence electrons. The van der Waals surface area contributed by atoms with Crippen LogP contribution < -0.4 is 10.6 Å². The zero-order valence-corrected chi connectivity index (χ0v) is 27.2. The maximum atomic E-state index is 13.0. The Balaban J connectivity index is 1.12. The number of benzene rings is 2. The molecule has 1 aliphatic carbocycles. The van der Waals surface area contributed by atoms with E-state index in [4.69, 9.17) is 9.47 Å². The van der Waals surface area contributed by atoms with Gasteiger partial charge in [-0.15, -0.1) is 0 Å². The van der Waals surface area contributed by atoms with E-state index in [1.807, 2.05) is 90.1 Å². The summed E-state index contributed by atoms with van der Waals surface area (Å²) in [4.78, 5) is 54.2. The number of likely N-dealkylation sites (tertiary alicyclic amines) is 2. The lowest BCUT2D eigenvalue weighted by Gasteiger charge is -2.28. The Morgan fingerprint density at radius 1 is 0.622 bits per heavy atom. The summed E-state index contributed by atoms with van der Waals surface area (Å²) >= 11 is 0. The molecule has 2 N–H and O–H groups in total. The highest BCUT2D eigenvalue weighted by Crippen LogP contribution is 2.54. The van der Waals surface area contributed by atoms with Crippen molar-refractivity contribution in [3.05, 3.63) is 59.7 Å². The van der Waals surface area contributed by atoms with Gasteiger partial charge in [0.2, 0.25) is 11.8 Å². The monoisotopic (exact) mass is 618 g/mol. The minimum Gasteiger partial charge on any atom is -0.444 e. The summed E-state index contributed by atoms with van der Waals surface area (Å²) in [5.41, 5.74) is 2.58. The molecule has 3 aliphatic rings. The molecule has 0 spiro atoms. The normalized spacial score (nSPS) is 23.0. The summed E-state index contributed by atoms with van der Waals surface area (Å²) in [7, 11) is 0. The molecular weight excluding hydrogens is 572 g/mol. The first-order valence-electron chi connectivity index (χ1n) is 16.0. The van der Waals surface area contributed by atoms with E-state index in [1.54, 1.807) is 0 Å². The molecule has 10 heteroatoms. The fourth-order valence-corrected chi connectivity index (χ4v) is 6.17. The molecule has 0 aromatic heterocycles. The van der Waals surface area contributed by atoms with Gasteiger partial charge in [0.15, 0.2) is 0 Å². The van der Waals surface area contributed by atoms with Gasteiger partial charge in [-0.2, -0.15) is 0 Å². The van der Waals surface area contributed by atoms with Crippen LogP contribution in [0.5, 0.6) is 0 Å². The number of carbonyl (C=O) groups excluding carboxylic acids is 4. The van der Waals surface area contributed by atoms with Crippen LogP contribution in [-0.4, -0.2) is 70.2 Å². The van der Waals surface area contributed by atoms with Crippen molar-refractivity contribution in [2.75, 3.05) is 23.7 Å². The molecule has 2 aliphatic heterocycles. The van der Waals surface area contributed by atoms with E-state index in [-0.39, 0.29) is 11.8 Å². The van der Waals surface area contributed by atoms with E-state index in [1.165, 1.54) is 20.9 Å². The second-order valence-electron chi connectivity index (χ2n) is 14.3. The molecule has 4 amide bonds. The van der Waals surface area contributed by atoms with Crippen LogP contribution in [-0.2, 0) is 19.1 Å². The lowest BCUT2D eigenvalue weighted by Crippen LogP contribution is -2.45. The first kappa shape index (κ1) is 32.3. The van der Waals surface area contributed by atoms with Crippen LogP contribution in [0.1, 0.15) is 96.6 Å². The molecule has 5 rings (SSSR count). The Bertz CT molecular complexity index is 1300. The third-order valence-electron chi connectivity index (χ3n) is 8.37. The van der Waals surface area contributed by atoms with Crippen molar-refractivity contribution in [1.82, 2.24) is 9.80 Å². The molecule has 2 heterocycles. The lowest BCUT2D eigenvalue weighted by atomic mass is 10.0. The van der Waals surface area contributed by atoms with Gasteiger partial charge in [-0.3, -0.25) is 19.4 Å². The number of hydrogen-bond acceptors (Lipinski definition) is 6. The van der Waals surface area contributed by atoms with Crippen molar-refractivity contribution < 1.29 is 28.7 Å². The average Bonchev–Trinajstić information content (AvgIpc) is 3.34. The maximum absolute atomic E-state index is 13.0. The molecule has 0 bridgehead atoms. The Morgan fingerprint density at radius 2 is 0.978 bits per heavy atom. The molecule has 10 nitrogen and oxygen atoms in total. The van der Waals surface area contributed by atoms with E-state index >= 15 is 0 Å². The maximum Gasteiger partial charge on any atom is 0.410 e. The minimum absolute atomic E-state index is 0.201. The van der Waals surface area contributed by atoms with Crippen LogP contribution in [0, 0.1) is 0 Å². The fourth-order valence-electron chi connectivity index (χ4n) is 6.17. The van der Waals surface area contributed by atoms with Gasteiger partial charge >= 0.3 is 12.2 Å². The Labute approximate surface area is 265 Å². The predicted molar refractivity (Wildman–Crippen MR) is 172 cm³/mol. The number of rotatable bonds is 6. The first-order chi connectivity index (χ1) is 21.2. The van der Waals surface area contributed by atoms with E-state index in [0.717, 1.165) is 19.3 Å². The van der Waals surface area contributed by atoms with E-state index < -0.39 is 35.5 Å². The summed E-state index contributed by atoms with van der Waals surface area (Å²) in [6.45, 7) is 11.9. The second-order valence-corrected chi connectivity index (χ2v) is 14.3. The summed E-state index contributed by atoms with van der Waals surface area (Å²) in [5.74, 6) is 0.364. The largest absolute Gasteiger partial charge is 0.444 e. The van der Waals surface area contributed by atoms with Gasteiger partial charge in [0, 0.05) is 24.5 Å². The summed E-state index contributed by atoms with van der Waals surface area (Å²) in [6.07, 6.45) is 2.87. The fraction of sp³-hybridized carbons (Fsp3) is 0.543. The molecule has 0 radical (unpaired) electrons. The number of ether oxygens (including phenoxy) is 2. The van der Waals surface area contributed by atoms with Crippen molar-refractivity contribution in [2.24, 2.45) is 0 Å². The minimum atomic E-state index is -0.614. The van der Waals surface area contributed by atoms with Crippen molar-refractivity contribution >= 4 is 35.4 Å². The Hall–Kier alpha value is -4.08. The van der Waals surface area contributed by atoms with Crippen LogP contribution in [0.3, 0.4) is 0 Å². The number of hydrogen-bond donors (Lipinski definition) is 2.